The first-order valence-electron chi connectivity index (χ1n) is 12.5. The maximum atomic E-state index is 12.8. The fraction of sp³-hybridized carbons (Fsp3) is 0.481. The SMILES string of the molecule is O=C(CN1CCN(Cc2nc3ccccc3n2Cc2ccccc2)CC1)N1CCCCCC1. The van der Waals surface area contributed by atoms with Crippen molar-refractivity contribution in [2.24, 2.45) is 0 Å². The molecule has 0 aliphatic carbocycles. The number of fused-ring (bicyclic) bond motifs is 1. The molecule has 0 unspecified atom stereocenters. The molecule has 0 N–H and O–H groups in total. The van der Waals surface area contributed by atoms with Crippen molar-refractivity contribution < 1.29 is 4.79 Å². The summed E-state index contributed by atoms with van der Waals surface area (Å²) in [6, 6.07) is 19.0. The fourth-order valence-electron chi connectivity index (χ4n) is 5.11. The number of carbonyl (C=O) groups is 1. The summed E-state index contributed by atoms with van der Waals surface area (Å²) in [6.07, 6.45) is 4.84. The van der Waals surface area contributed by atoms with E-state index in [0.717, 1.165) is 76.5 Å². The standard InChI is InChI=1S/C27H35N5O/c33-27(31-14-8-1-2-9-15-31)22-30-18-16-29(17-19-30)21-26-28-24-12-6-7-13-25(24)32(26)20-23-10-4-3-5-11-23/h3-7,10-13H,1-2,8-9,14-22H2. The van der Waals surface area contributed by atoms with Gasteiger partial charge in [-0.1, -0.05) is 55.3 Å². The summed E-state index contributed by atoms with van der Waals surface area (Å²) in [5, 5.41) is 0. The monoisotopic (exact) mass is 445 g/mol. The third-order valence-electron chi connectivity index (χ3n) is 7.06. The van der Waals surface area contributed by atoms with Crippen molar-refractivity contribution in [3.05, 3.63) is 66.0 Å². The number of carbonyl (C=O) groups excluding carboxylic acids is 1. The molecular weight excluding hydrogens is 410 g/mol. The van der Waals surface area contributed by atoms with Crippen LogP contribution in [0.5, 0.6) is 0 Å². The summed E-state index contributed by atoms with van der Waals surface area (Å²) in [5.74, 6) is 1.43. The lowest BCUT2D eigenvalue weighted by Gasteiger charge is -2.35. The molecule has 0 bridgehead atoms. The minimum atomic E-state index is 0.315. The van der Waals surface area contributed by atoms with Gasteiger partial charge in [-0.05, 0) is 30.5 Å². The van der Waals surface area contributed by atoms with Crippen LogP contribution in [0.15, 0.2) is 54.6 Å². The molecule has 0 spiro atoms. The summed E-state index contributed by atoms with van der Waals surface area (Å²) in [6.45, 7) is 7.96. The van der Waals surface area contributed by atoms with Gasteiger partial charge in [0.1, 0.15) is 5.82 Å². The molecule has 6 heteroatoms. The van der Waals surface area contributed by atoms with E-state index in [2.05, 4.69) is 73.9 Å². The maximum Gasteiger partial charge on any atom is 0.236 e. The van der Waals surface area contributed by atoms with E-state index in [-0.39, 0.29) is 0 Å². The predicted octanol–water partition coefficient (Wildman–Crippen LogP) is 3.60. The molecular formula is C27H35N5O. The lowest BCUT2D eigenvalue weighted by Crippen LogP contribution is -2.50. The van der Waals surface area contributed by atoms with Gasteiger partial charge in [0.2, 0.25) is 5.91 Å². The topological polar surface area (TPSA) is 44.6 Å². The Morgan fingerprint density at radius 1 is 0.727 bits per heavy atom. The van der Waals surface area contributed by atoms with Gasteiger partial charge in [0.15, 0.2) is 0 Å². The zero-order chi connectivity index (χ0) is 22.5. The summed E-state index contributed by atoms with van der Waals surface area (Å²) in [4.78, 5) is 24.7. The van der Waals surface area contributed by atoms with E-state index in [1.165, 1.54) is 23.9 Å². The average Bonchev–Trinajstić information content (AvgIpc) is 3.01. The predicted molar refractivity (Wildman–Crippen MR) is 132 cm³/mol. The number of hydrogen-bond donors (Lipinski definition) is 0. The van der Waals surface area contributed by atoms with Crippen LogP contribution in [-0.4, -0.2) is 76.0 Å². The van der Waals surface area contributed by atoms with Gasteiger partial charge >= 0.3 is 0 Å². The molecule has 0 radical (unpaired) electrons. The number of rotatable bonds is 6. The summed E-state index contributed by atoms with van der Waals surface area (Å²) >= 11 is 0. The number of hydrogen-bond acceptors (Lipinski definition) is 4. The number of piperazine rings is 1. The maximum absolute atomic E-state index is 12.8. The summed E-state index contributed by atoms with van der Waals surface area (Å²) in [7, 11) is 0. The summed E-state index contributed by atoms with van der Waals surface area (Å²) in [5.41, 5.74) is 3.54. The van der Waals surface area contributed by atoms with Crippen LogP contribution >= 0.6 is 0 Å². The third-order valence-corrected chi connectivity index (χ3v) is 7.06. The molecule has 2 aliphatic rings. The molecule has 0 atom stereocenters. The van der Waals surface area contributed by atoms with Crippen LogP contribution in [0.2, 0.25) is 0 Å². The first-order chi connectivity index (χ1) is 16.3. The van der Waals surface area contributed by atoms with Crippen LogP contribution in [0.4, 0.5) is 0 Å². The number of para-hydroxylation sites is 2. The lowest BCUT2D eigenvalue weighted by molar-refractivity contribution is -0.132. The van der Waals surface area contributed by atoms with Gasteiger partial charge in [-0.25, -0.2) is 4.98 Å². The second kappa shape index (κ2) is 10.5. The molecule has 6 nitrogen and oxygen atoms in total. The van der Waals surface area contributed by atoms with Crippen LogP contribution in [0.3, 0.4) is 0 Å². The Balaban J connectivity index is 1.21. The molecule has 33 heavy (non-hydrogen) atoms. The highest BCUT2D eigenvalue weighted by atomic mass is 16.2. The average molecular weight is 446 g/mol. The fourth-order valence-corrected chi connectivity index (χ4v) is 5.11. The number of imidazole rings is 1. The first kappa shape index (κ1) is 22.1. The zero-order valence-electron chi connectivity index (χ0n) is 19.5. The van der Waals surface area contributed by atoms with E-state index in [0.29, 0.717) is 12.5 Å². The first-order valence-corrected chi connectivity index (χ1v) is 12.5. The van der Waals surface area contributed by atoms with Crippen LogP contribution in [0.25, 0.3) is 11.0 Å². The van der Waals surface area contributed by atoms with E-state index in [4.69, 9.17) is 4.98 Å². The van der Waals surface area contributed by atoms with Gasteiger partial charge < -0.3 is 9.47 Å². The van der Waals surface area contributed by atoms with Crippen LogP contribution in [0, 0.1) is 0 Å². The van der Waals surface area contributed by atoms with Crippen molar-refractivity contribution in [2.45, 2.75) is 38.8 Å². The van der Waals surface area contributed by atoms with E-state index >= 15 is 0 Å². The van der Waals surface area contributed by atoms with E-state index < -0.39 is 0 Å². The third kappa shape index (κ3) is 5.45. The molecule has 0 saturated carbocycles. The number of aromatic nitrogens is 2. The van der Waals surface area contributed by atoms with Gasteiger partial charge in [0, 0.05) is 45.8 Å². The summed E-state index contributed by atoms with van der Waals surface area (Å²) < 4.78 is 2.36. The largest absolute Gasteiger partial charge is 0.342 e. The Hall–Kier alpha value is -2.70. The molecule has 2 aromatic carbocycles. The molecule has 2 fully saturated rings. The Bertz CT molecular complexity index is 1050. The lowest BCUT2D eigenvalue weighted by atomic mass is 10.2. The zero-order valence-corrected chi connectivity index (χ0v) is 19.5. The minimum Gasteiger partial charge on any atom is -0.342 e. The van der Waals surface area contributed by atoms with Crippen LogP contribution in [0.1, 0.15) is 37.1 Å². The number of benzene rings is 2. The molecule has 3 aromatic rings. The van der Waals surface area contributed by atoms with Gasteiger partial charge in [-0.3, -0.25) is 14.6 Å². The van der Waals surface area contributed by atoms with E-state index in [9.17, 15) is 4.79 Å². The second-order valence-electron chi connectivity index (χ2n) is 9.44. The van der Waals surface area contributed by atoms with Crippen LogP contribution in [-0.2, 0) is 17.9 Å². The number of nitrogens with zero attached hydrogens (tertiary/aromatic N) is 5. The van der Waals surface area contributed by atoms with Crippen molar-refractivity contribution in [1.29, 1.82) is 0 Å². The van der Waals surface area contributed by atoms with Crippen molar-refractivity contribution >= 4 is 16.9 Å². The van der Waals surface area contributed by atoms with Crippen LogP contribution < -0.4 is 0 Å². The number of likely N-dealkylation sites (tertiary alicyclic amines) is 1. The highest BCUT2D eigenvalue weighted by Crippen LogP contribution is 2.20. The van der Waals surface area contributed by atoms with Gasteiger partial charge in [-0.2, -0.15) is 0 Å². The van der Waals surface area contributed by atoms with Gasteiger partial charge in [0.05, 0.1) is 24.1 Å². The highest BCUT2D eigenvalue weighted by Gasteiger charge is 2.23. The molecule has 2 aliphatic heterocycles. The molecule has 1 aromatic heterocycles. The van der Waals surface area contributed by atoms with E-state index in [1.54, 1.807) is 0 Å². The molecule has 3 heterocycles. The Kier molecular flexibility index (Phi) is 7.03. The Labute approximate surface area is 196 Å². The molecule has 174 valence electrons. The Morgan fingerprint density at radius 2 is 1.39 bits per heavy atom. The Morgan fingerprint density at radius 3 is 2.15 bits per heavy atom. The highest BCUT2D eigenvalue weighted by molar-refractivity contribution is 5.78. The van der Waals surface area contributed by atoms with Gasteiger partial charge in [0.25, 0.3) is 0 Å². The smallest absolute Gasteiger partial charge is 0.236 e. The minimum absolute atomic E-state index is 0.315. The van der Waals surface area contributed by atoms with Crippen molar-refractivity contribution in [3.63, 3.8) is 0 Å². The van der Waals surface area contributed by atoms with Crippen molar-refractivity contribution in [2.75, 3.05) is 45.8 Å². The number of amides is 1. The normalized spacial score (nSPS) is 18.5. The van der Waals surface area contributed by atoms with E-state index in [1.807, 2.05) is 0 Å². The van der Waals surface area contributed by atoms with Gasteiger partial charge in [-0.15, -0.1) is 0 Å². The molecule has 1 amide bonds. The molecule has 5 rings (SSSR count). The van der Waals surface area contributed by atoms with Crippen molar-refractivity contribution in [3.8, 4) is 0 Å². The molecule has 2 saturated heterocycles. The van der Waals surface area contributed by atoms with Crippen molar-refractivity contribution in [1.82, 2.24) is 24.3 Å². The quantitative estimate of drug-likeness (QED) is 0.582. The second-order valence-corrected chi connectivity index (χ2v) is 9.44.